The molecule has 0 bridgehead atoms. The summed E-state index contributed by atoms with van der Waals surface area (Å²) >= 11 is 3.33. The molecule has 1 saturated heterocycles. The Morgan fingerprint density at radius 1 is 1.04 bits per heavy atom. The minimum atomic E-state index is -0.396. The smallest absolute Gasteiger partial charge is 0.274 e. The van der Waals surface area contributed by atoms with E-state index < -0.39 is 5.91 Å². The van der Waals surface area contributed by atoms with Crippen molar-refractivity contribution in [3.05, 3.63) is 62.5 Å². The molecule has 142 valence electrons. The third kappa shape index (κ3) is 4.66. The number of amides is 2. The van der Waals surface area contributed by atoms with Gasteiger partial charge in [0.25, 0.3) is 17.4 Å². The van der Waals surface area contributed by atoms with E-state index in [2.05, 4.69) is 21.2 Å². The van der Waals surface area contributed by atoms with E-state index in [9.17, 15) is 14.4 Å². The first-order chi connectivity index (χ1) is 13.0. The molecule has 6 nitrogen and oxygen atoms in total. The van der Waals surface area contributed by atoms with Crippen LogP contribution >= 0.6 is 15.9 Å². The number of likely N-dealkylation sites (tertiary alicyclic amines) is 1. The molecule has 1 N–H and O–H groups in total. The molecule has 2 aromatic rings. The van der Waals surface area contributed by atoms with Crippen molar-refractivity contribution < 1.29 is 9.59 Å². The van der Waals surface area contributed by atoms with Gasteiger partial charge in [0.05, 0.1) is 5.56 Å². The zero-order valence-corrected chi connectivity index (χ0v) is 16.8. The highest BCUT2D eigenvalue weighted by molar-refractivity contribution is 9.10. The lowest BCUT2D eigenvalue weighted by molar-refractivity contribution is 0.0760. The van der Waals surface area contributed by atoms with Crippen LogP contribution in [0.2, 0.25) is 0 Å². The predicted molar refractivity (Wildman–Crippen MR) is 108 cm³/mol. The Balaban J connectivity index is 1.86. The van der Waals surface area contributed by atoms with Gasteiger partial charge in [-0.1, -0.05) is 34.8 Å². The summed E-state index contributed by atoms with van der Waals surface area (Å²) in [6.07, 6.45) is 5.77. The van der Waals surface area contributed by atoms with Crippen molar-refractivity contribution in [2.45, 2.75) is 25.7 Å². The lowest BCUT2D eigenvalue weighted by Crippen LogP contribution is -2.33. The standard InChI is InChI=1S/C20H22BrN3O3/c1-23-13-15(19(26)24-9-4-2-3-5-10-24)12-17(20(23)27)22-18(25)14-7-6-8-16(21)11-14/h6-8,11-13H,2-5,9-10H2,1H3,(H,22,25). The summed E-state index contributed by atoms with van der Waals surface area (Å²) in [5, 5.41) is 2.64. The third-order valence-corrected chi connectivity index (χ3v) is 5.15. The van der Waals surface area contributed by atoms with Crippen LogP contribution in [-0.2, 0) is 7.05 Å². The van der Waals surface area contributed by atoms with Gasteiger partial charge >= 0.3 is 0 Å². The normalized spacial score (nSPS) is 14.5. The number of rotatable bonds is 3. The van der Waals surface area contributed by atoms with E-state index in [0.717, 1.165) is 43.2 Å². The number of hydrogen-bond donors (Lipinski definition) is 1. The quantitative estimate of drug-likeness (QED) is 0.808. The molecule has 1 aliphatic heterocycles. The average molecular weight is 432 g/mol. The first kappa shape index (κ1) is 19.4. The highest BCUT2D eigenvalue weighted by atomic mass is 79.9. The molecule has 0 aliphatic carbocycles. The monoisotopic (exact) mass is 431 g/mol. The average Bonchev–Trinajstić information content (AvgIpc) is 2.94. The predicted octanol–water partition coefficient (Wildman–Crippen LogP) is 3.42. The van der Waals surface area contributed by atoms with Crippen LogP contribution in [0.5, 0.6) is 0 Å². The maximum Gasteiger partial charge on any atom is 0.274 e. The number of pyridine rings is 1. The minimum Gasteiger partial charge on any atom is -0.339 e. The number of nitrogens with one attached hydrogen (secondary N) is 1. The molecule has 1 fully saturated rings. The SMILES string of the molecule is Cn1cc(C(=O)N2CCCCCC2)cc(NC(=O)c2cccc(Br)c2)c1=O. The van der Waals surface area contributed by atoms with Crippen LogP contribution in [0.1, 0.15) is 46.4 Å². The Hall–Kier alpha value is -2.41. The summed E-state index contributed by atoms with van der Waals surface area (Å²) in [5.74, 6) is -0.502. The summed E-state index contributed by atoms with van der Waals surface area (Å²) in [6, 6.07) is 8.38. The van der Waals surface area contributed by atoms with Gasteiger partial charge in [0, 0.05) is 36.4 Å². The molecular weight excluding hydrogens is 410 g/mol. The second-order valence-corrected chi connectivity index (χ2v) is 7.65. The zero-order valence-electron chi connectivity index (χ0n) is 15.2. The van der Waals surface area contributed by atoms with E-state index in [-0.39, 0.29) is 17.2 Å². The summed E-state index contributed by atoms with van der Waals surface area (Å²) in [4.78, 5) is 39.6. The van der Waals surface area contributed by atoms with Crippen LogP contribution in [0.4, 0.5) is 5.69 Å². The molecule has 3 rings (SSSR count). The number of halogens is 1. The second-order valence-electron chi connectivity index (χ2n) is 6.73. The number of benzene rings is 1. The molecule has 0 saturated carbocycles. The van der Waals surface area contributed by atoms with Crippen molar-refractivity contribution in [3.8, 4) is 0 Å². The number of carbonyl (C=O) groups is 2. The van der Waals surface area contributed by atoms with Gasteiger partial charge in [0.15, 0.2) is 0 Å². The van der Waals surface area contributed by atoms with Crippen LogP contribution in [-0.4, -0.2) is 34.4 Å². The van der Waals surface area contributed by atoms with Crippen LogP contribution in [0.3, 0.4) is 0 Å². The van der Waals surface area contributed by atoms with E-state index in [1.807, 2.05) is 11.0 Å². The molecule has 1 aromatic carbocycles. The molecule has 0 spiro atoms. The maximum atomic E-state index is 12.9. The zero-order chi connectivity index (χ0) is 19.4. The molecule has 27 heavy (non-hydrogen) atoms. The van der Waals surface area contributed by atoms with Crippen molar-refractivity contribution in [1.82, 2.24) is 9.47 Å². The van der Waals surface area contributed by atoms with Crippen molar-refractivity contribution >= 4 is 33.4 Å². The lowest BCUT2D eigenvalue weighted by atomic mass is 10.2. The van der Waals surface area contributed by atoms with Crippen LogP contribution in [0.25, 0.3) is 0 Å². The molecule has 0 unspecified atom stereocenters. The fourth-order valence-corrected chi connectivity index (χ4v) is 3.60. The fourth-order valence-electron chi connectivity index (χ4n) is 3.20. The van der Waals surface area contributed by atoms with Crippen LogP contribution < -0.4 is 10.9 Å². The van der Waals surface area contributed by atoms with Gasteiger partial charge in [-0.25, -0.2) is 0 Å². The van der Waals surface area contributed by atoms with Gasteiger partial charge in [0.2, 0.25) is 0 Å². The molecule has 2 heterocycles. The summed E-state index contributed by atoms with van der Waals surface area (Å²) in [5.41, 5.74) is 0.577. The highest BCUT2D eigenvalue weighted by Gasteiger charge is 2.20. The molecule has 7 heteroatoms. The van der Waals surface area contributed by atoms with Crippen molar-refractivity contribution in [1.29, 1.82) is 0 Å². The molecule has 1 aliphatic rings. The highest BCUT2D eigenvalue weighted by Crippen LogP contribution is 2.16. The Morgan fingerprint density at radius 2 is 1.74 bits per heavy atom. The summed E-state index contributed by atoms with van der Waals surface area (Å²) in [7, 11) is 1.58. The second kappa shape index (κ2) is 8.52. The van der Waals surface area contributed by atoms with E-state index in [1.165, 1.54) is 16.8 Å². The van der Waals surface area contributed by atoms with Crippen molar-refractivity contribution in [3.63, 3.8) is 0 Å². The number of hydrogen-bond acceptors (Lipinski definition) is 3. The van der Waals surface area contributed by atoms with Gasteiger partial charge in [-0.3, -0.25) is 14.4 Å². The van der Waals surface area contributed by atoms with E-state index in [0.29, 0.717) is 11.1 Å². The van der Waals surface area contributed by atoms with Gasteiger partial charge in [-0.05, 0) is 37.1 Å². The van der Waals surface area contributed by atoms with Crippen LogP contribution in [0.15, 0.2) is 45.8 Å². The van der Waals surface area contributed by atoms with Gasteiger partial charge in [-0.2, -0.15) is 0 Å². The van der Waals surface area contributed by atoms with Crippen LogP contribution in [0, 0.1) is 0 Å². The number of aryl methyl sites for hydroxylation is 1. The van der Waals surface area contributed by atoms with E-state index in [1.54, 1.807) is 25.2 Å². The number of aromatic nitrogens is 1. The Morgan fingerprint density at radius 3 is 2.41 bits per heavy atom. The maximum absolute atomic E-state index is 12.9. The van der Waals surface area contributed by atoms with Crippen molar-refractivity contribution in [2.24, 2.45) is 7.05 Å². The van der Waals surface area contributed by atoms with Gasteiger partial charge in [-0.15, -0.1) is 0 Å². The summed E-state index contributed by atoms with van der Waals surface area (Å²) < 4.78 is 2.11. The lowest BCUT2D eigenvalue weighted by Gasteiger charge is -2.21. The first-order valence-electron chi connectivity index (χ1n) is 9.02. The molecule has 0 radical (unpaired) electrons. The van der Waals surface area contributed by atoms with Gasteiger partial charge < -0.3 is 14.8 Å². The largest absolute Gasteiger partial charge is 0.339 e. The molecule has 2 amide bonds. The Bertz CT molecular complexity index is 915. The Labute approximate surface area is 166 Å². The van der Waals surface area contributed by atoms with Gasteiger partial charge in [0.1, 0.15) is 5.69 Å². The summed E-state index contributed by atoms with van der Waals surface area (Å²) in [6.45, 7) is 1.45. The molecule has 1 aromatic heterocycles. The minimum absolute atomic E-state index is 0.100. The first-order valence-corrected chi connectivity index (χ1v) is 9.82. The topological polar surface area (TPSA) is 71.4 Å². The van der Waals surface area contributed by atoms with E-state index >= 15 is 0 Å². The number of carbonyl (C=O) groups excluding carboxylic acids is 2. The number of anilines is 1. The third-order valence-electron chi connectivity index (χ3n) is 4.66. The molecular formula is C20H22BrN3O3. The van der Waals surface area contributed by atoms with E-state index in [4.69, 9.17) is 0 Å². The Kier molecular flexibility index (Phi) is 6.11. The number of nitrogens with zero attached hydrogens (tertiary/aromatic N) is 2. The fraction of sp³-hybridized carbons (Fsp3) is 0.350. The molecule has 0 atom stereocenters. The van der Waals surface area contributed by atoms with Crippen molar-refractivity contribution in [2.75, 3.05) is 18.4 Å².